The maximum Gasteiger partial charge on any atom is 0.416 e. The number of carbonyl (C=O) groups is 1. The van der Waals surface area contributed by atoms with Gasteiger partial charge in [-0.3, -0.25) is 4.79 Å². The van der Waals surface area contributed by atoms with Gasteiger partial charge in [-0.2, -0.15) is 13.2 Å². The number of alkyl halides is 3. The second-order valence-electron chi connectivity index (χ2n) is 6.40. The molecule has 0 bridgehead atoms. The molecule has 0 radical (unpaired) electrons. The van der Waals surface area contributed by atoms with Crippen LogP contribution in [0.4, 0.5) is 23.2 Å². The van der Waals surface area contributed by atoms with Gasteiger partial charge in [0.05, 0.1) is 16.3 Å². The number of benzene rings is 2. The largest absolute Gasteiger partial charge is 0.416 e. The van der Waals surface area contributed by atoms with Crippen LogP contribution in [0.3, 0.4) is 0 Å². The minimum Gasteiger partial charge on any atom is -0.372 e. The number of rotatable bonds is 6. The highest BCUT2D eigenvalue weighted by Gasteiger charge is 2.31. The lowest BCUT2D eigenvalue weighted by atomic mass is 10.0. The van der Waals surface area contributed by atoms with E-state index >= 15 is 0 Å². The van der Waals surface area contributed by atoms with E-state index in [0.29, 0.717) is 0 Å². The molecule has 2 aromatic carbocycles. The minimum absolute atomic E-state index is 0.123. The molecule has 2 rings (SSSR count). The van der Waals surface area contributed by atoms with E-state index in [2.05, 4.69) is 10.6 Å². The molecule has 0 saturated heterocycles. The van der Waals surface area contributed by atoms with E-state index < -0.39 is 17.8 Å². The third kappa shape index (κ3) is 5.85. The fraction of sp³-hybridized carbons (Fsp3) is 0.316. The Labute approximate surface area is 159 Å². The number of hydrogen-bond donors (Lipinski definition) is 2. The van der Waals surface area contributed by atoms with Gasteiger partial charge in [0.2, 0.25) is 5.91 Å². The van der Waals surface area contributed by atoms with Crippen molar-refractivity contribution in [2.75, 3.05) is 5.32 Å². The van der Waals surface area contributed by atoms with Crippen molar-refractivity contribution < 1.29 is 22.4 Å². The van der Waals surface area contributed by atoms with Crippen molar-refractivity contribution in [3.63, 3.8) is 0 Å². The molecule has 27 heavy (non-hydrogen) atoms. The Bertz CT molecular complexity index is 791. The summed E-state index contributed by atoms with van der Waals surface area (Å²) in [5.41, 5.74) is 0.0972. The van der Waals surface area contributed by atoms with Crippen LogP contribution in [0.15, 0.2) is 42.5 Å². The van der Waals surface area contributed by atoms with Crippen LogP contribution >= 0.6 is 11.6 Å². The van der Waals surface area contributed by atoms with E-state index in [1.54, 1.807) is 26.0 Å². The van der Waals surface area contributed by atoms with Crippen LogP contribution in [0.25, 0.3) is 0 Å². The fourth-order valence-electron chi connectivity index (χ4n) is 2.41. The van der Waals surface area contributed by atoms with Gasteiger partial charge in [0.1, 0.15) is 11.9 Å². The molecule has 0 saturated carbocycles. The molecule has 0 aliphatic carbocycles. The highest BCUT2D eigenvalue weighted by molar-refractivity contribution is 6.33. The van der Waals surface area contributed by atoms with Gasteiger partial charge in [-0.25, -0.2) is 4.39 Å². The number of nitrogens with one attached hydrogen (secondary N) is 2. The summed E-state index contributed by atoms with van der Waals surface area (Å²) in [7, 11) is 0. The first-order valence-electron chi connectivity index (χ1n) is 8.23. The minimum atomic E-state index is -4.49. The molecule has 146 valence electrons. The molecule has 0 aliphatic heterocycles. The van der Waals surface area contributed by atoms with Gasteiger partial charge in [-0.15, -0.1) is 0 Å². The number of amides is 1. The van der Waals surface area contributed by atoms with Crippen LogP contribution in [0, 0.1) is 11.7 Å². The van der Waals surface area contributed by atoms with Crippen molar-refractivity contribution in [3.8, 4) is 0 Å². The van der Waals surface area contributed by atoms with Gasteiger partial charge in [0, 0.05) is 6.54 Å². The van der Waals surface area contributed by atoms with Crippen LogP contribution in [0.5, 0.6) is 0 Å². The van der Waals surface area contributed by atoms with Crippen molar-refractivity contribution in [2.24, 2.45) is 5.92 Å². The highest BCUT2D eigenvalue weighted by atomic mass is 35.5. The normalized spacial score (nSPS) is 12.7. The van der Waals surface area contributed by atoms with E-state index in [1.165, 1.54) is 18.2 Å². The SMILES string of the molecule is CC(C)[C@H](Nc1ccc(C(F)(F)F)cc1Cl)C(=O)NCc1ccc(F)cc1. The molecular formula is C19H19ClF4N2O. The molecular weight excluding hydrogens is 384 g/mol. The zero-order valence-electron chi connectivity index (χ0n) is 14.7. The topological polar surface area (TPSA) is 41.1 Å². The van der Waals surface area contributed by atoms with Crippen LogP contribution < -0.4 is 10.6 Å². The molecule has 8 heteroatoms. The Balaban J connectivity index is 2.08. The quantitative estimate of drug-likeness (QED) is 0.648. The number of carbonyl (C=O) groups excluding carboxylic acids is 1. The van der Waals surface area contributed by atoms with E-state index in [4.69, 9.17) is 11.6 Å². The van der Waals surface area contributed by atoms with E-state index in [-0.39, 0.29) is 34.9 Å². The summed E-state index contributed by atoms with van der Waals surface area (Å²) in [6.45, 7) is 3.80. The second-order valence-corrected chi connectivity index (χ2v) is 6.81. The molecule has 2 aromatic rings. The Kier molecular flexibility index (Phi) is 6.70. The van der Waals surface area contributed by atoms with Gasteiger partial charge in [0.15, 0.2) is 0 Å². The summed E-state index contributed by atoms with van der Waals surface area (Å²) in [6, 6.07) is 7.91. The molecule has 2 N–H and O–H groups in total. The van der Waals surface area contributed by atoms with Gasteiger partial charge in [-0.05, 0) is 41.8 Å². The van der Waals surface area contributed by atoms with E-state index in [9.17, 15) is 22.4 Å². The molecule has 0 heterocycles. The lowest BCUT2D eigenvalue weighted by Crippen LogP contribution is -2.42. The molecule has 3 nitrogen and oxygen atoms in total. The first-order chi connectivity index (χ1) is 12.6. The second kappa shape index (κ2) is 8.61. The molecule has 0 spiro atoms. The first-order valence-corrected chi connectivity index (χ1v) is 8.61. The van der Waals surface area contributed by atoms with Crippen molar-refractivity contribution in [3.05, 3.63) is 64.4 Å². The van der Waals surface area contributed by atoms with Crippen molar-refractivity contribution in [1.29, 1.82) is 0 Å². The van der Waals surface area contributed by atoms with Crippen molar-refractivity contribution in [2.45, 2.75) is 32.6 Å². The molecule has 0 unspecified atom stereocenters. The molecule has 1 amide bonds. The lowest BCUT2D eigenvalue weighted by molar-refractivity contribution is -0.137. The summed E-state index contributed by atoms with van der Waals surface area (Å²) in [5.74, 6) is -0.870. The van der Waals surface area contributed by atoms with Crippen LogP contribution in [0.1, 0.15) is 25.0 Å². The van der Waals surface area contributed by atoms with Gasteiger partial charge >= 0.3 is 6.18 Å². The monoisotopic (exact) mass is 402 g/mol. The third-order valence-corrected chi connectivity index (χ3v) is 4.25. The zero-order valence-corrected chi connectivity index (χ0v) is 15.5. The Morgan fingerprint density at radius 3 is 2.26 bits per heavy atom. The Morgan fingerprint density at radius 1 is 1.11 bits per heavy atom. The summed E-state index contributed by atoms with van der Waals surface area (Å²) in [4.78, 5) is 12.5. The van der Waals surface area contributed by atoms with E-state index in [0.717, 1.165) is 17.7 Å². The predicted octanol–water partition coefficient (Wildman–Crippen LogP) is 5.25. The van der Waals surface area contributed by atoms with Crippen LogP contribution in [0.2, 0.25) is 5.02 Å². The third-order valence-electron chi connectivity index (χ3n) is 3.94. The summed E-state index contributed by atoms with van der Waals surface area (Å²) >= 11 is 5.95. The Morgan fingerprint density at radius 2 is 1.74 bits per heavy atom. The predicted molar refractivity (Wildman–Crippen MR) is 96.9 cm³/mol. The average Bonchev–Trinajstić information content (AvgIpc) is 2.58. The molecule has 1 atom stereocenters. The number of anilines is 1. The molecule has 0 aromatic heterocycles. The lowest BCUT2D eigenvalue weighted by Gasteiger charge is -2.24. The van der Waals surface area contributed by atoms with Crippen LogP contribution in [-0.2, 0) is 17.5 Å². The molecule has 0 aliphatic rings. The van der Waals surface area contributed by atoms with Gasteiger partial charge < -0.3 is 10.6 Å². The highest BCUT2D eigenvalue weighted by Crippen LogP contribution is 2.34. The van der Waals surface area contributed by atoms with Gasteiger partial charge in [-0.1, -0.05) is 37.6 Å². The number of halogens is 5. The van der Waals surface area contributed by atoms with Gasteiger partial charge in [0.25, 0.3) is 0 Å². The standard InChI is InChI=1S/C19H19ClF4N2O/c1-11(2)17(18(27)25-10-12-3-6-14(21)7-4-12)26-16-8-5-13(9-15(16)20)19(22,23)24/h3-9,11,17,26H,10H2,1-2H3,(H,25,27)/t17-/m0/s1. The van der Waals surface area contributed by atoms with Crippen molar-refractivity contribution in [1.82, 2.24) is 5.32 Å². The average molecular weight is 403 g/mol. The Hall–Kier alpha value is -2.28. The van der Waals surface area contributed by atoms with E-state index in [1.807, 2.05) is 0 Å². The van der Waals surface area contributed by atoms with Crippen molar-refractivity contribution >= 4 is 23.2 Å². The zero-order chi connectivity index (χ0) is 20.2. The smallest absolute Gasteiger partial charge is 0.372 e. The molecule has 0 fully saturated rings. The summed E-state index contributed by atoms with van der Waals surface area (Å²) in [5, 5.41) is 5.50. The van der Waals surface area contributed by atoms with Crippen LogP contribution in [-0.4, -0.2) is 11.9 Å². The fourth-order valence-corrected chi connectivity index (χ4v) is 2.65. The maximum atomic E-state index is 12.9. The summed E-state index contributed by atoms with van der Waals surface area (Å²) < 4.78 is 51.1. The summed E-state index contributed by atoms with van der Waals surface area (Å²) in [6.07, 6.45) is -4.49. The number of hydrogen-bond acceptors (Lipinski definition) is 2. The first kappa shape index (κ1) is 21.0. The maximum absolute atomic E-state index is 12.9.